The summed E-state index contributed by atoms with van der Waals surface area (Å²) in [7, 11) is 0. The van der Waals surface area contributed by atoms with Gasteiger partial charge in [0.1, 0.15) is 5.82 Å². The van der Waals surface area contributed by atoms with Crippen LogP contribution in [0.4, 0.5) is 5.82 Å². The second-order valence-corrected chi connectivity index (χ2v) is 6.83. The molecule has 0 aliphatic carbocycles. The number of piperidine rings is 1. The molecule has 2 N–H and O–H groups in total. The molecule has 2 aliphatic heterocycles. The highest BCUT2D eigenvalue weighted by Crippen LogP contribution is 2.39. The first kappa shape index (κ1) is 13.4. The van der Waals surface area contributed by atoms with E-state index in [-0.39, 0.29) is 0 Å². The smallest absolute Gasteiger partial charge is 0.139 e. The Balaban J connectivity index is 1.92. The molecule has 106 valence electrons. The summed E-state index contributed by atoms with van der Waals surface area (Å²) in [5.41, 5.74) is 1.18. The third-order valence-electron chi connectivity index (χ3n) is 4.35. The highest BCUT2D eigenvalue weighted by Gasteiger charge is 2.32. The summed E-state index contributed by atoms with van der Waals surface area (Å²) in [6.07, 6.45) is 3.81. The Morgan fingerprint density at radius 2 is 2.16 bits per heavy atom. The van der Waals surface area contributed by atoms with E-state index in [9.17, 15) is 0 Å². The first-order valence-corrected chi connectivity index (χ1v) is 8.20. The minimum atomic E-state index is 0.458. The van der Waals surface area contributed by atoms with Gasteiger partial charge in [0.05, 0.1) is 16.2 Å². The molecule has 2 atom stereocenters. The third kappa shape index (κ3) is 2.42. The van der Waals surface area contributed by atoms with E-state index in [0.717, 1.165) is 23.5 Å². The molecular formula is C14H23BrN4. The molecular weight excluding hydrogens is 304 g/mol. The van der Waals surface area contributed by atoms with Gasteiger partial charge in [-0.3, -0.25) is 0 Å². The standard InChI is InChI=1S/C14H23BrN4/c1-9(2)13-12(15)14-17-7-5-11(19(14)18-13)10-4-3-6-16-8-10/h9-11,16-17H,3-8H2,1-2H3. The van der Waals surface area contributed by atoms with Crippen LogP contribution in [-0.4, -0.2) is 29.4 Å². The molecule has 0 bridgehead atoms. The van der Waals surface area contributed by atoms with Crippen LogP contribution >= 0.6 is 15.9 Å². The maximum Gasteiger partial charge on any atom is 0.139 e. The van der Waals surface area contributed by atoms with Crippen molar-refractivity contribution >= 4 is 21.7 Å². The molecule has 4 nitrogen and oxygen atoms in total. The summed E-state index contributed by atoms with van der Waals surface area (Å²) in [6.45, 7) is 7.78. The molecule has 0 saturated carbocycles. The van der Waals surface area contributed by atoms with Crippen molar-refractivity contribution in [2.45, 2.75) is 45.1 Å². The Kier molecular flexibility index (Phi) is 3.85. The van der Waals surface area contributed by atoms with E-state index in [1.807, 2.05) is 0 Å². The van der Waals surface area contributed by atoms with Gasteiger partial charge in [-0.25, -0.2) is 4.68 Å². The van der Waals surface area contributed by atoms with Gasteiger partial charge in [0.2, 0.25) is 0 Å². The van der Waals surface area contributed by atoms with Crippen molar-refractivity contribution in [1.29, 1.82) is 0 Å². The highest BCUT2D eigenvalue weighted by molar-refractivity contribution is 9.10. The average Bonchev–Trinajstić information content (AvgIpc) is 2.78. The molecule has 1 aromatic heterocycles. The Bertz CT molecular complexity index is 449. The van der Waals surface area contributed by atoms with Crippen molar-refractivity contribution in [2.24, 2.45) is 5.92 Å². The molecule has 3 rings (SSSR count). The van der Waals surface area contributed by atoms with Gasteiger partial charge in [-0.2, -0.15) is 5.10 Å². The zero-order valence-corrected chi connectivity index (χ0v) is 13.3. The van der Waals surface area contributed by atoms with E-state index in [0.29, 0.717) is 12.0 Å². The predicted octanol–water partition coefficient (Wildman–Crippen LogP) is 3.13. The van der Waals surface area contributed by atoms with Crippen LogP contribution in [0.15, 0.2) is 4.47 Å². The summed E-state index contributed by atoms with van der Waals surface area (Å²) in [4.78, 5) is 0. The number of rotatable bonds is 2. The molecule has 1 fully saturated rings. The van der Waals surface area contributed by atoms with Crippen molar-refractivity contribution in [3.05, 3.63) is 10.2 Å². The van der Waals surface area contributed by atoms with Crippen LogP contribution in [0.3, 0.4) is 0 Å². The largest absolute Gasteiger partial charge is 0.369 e. The monoisotopic (exact) mass is 326 g/mol. The predicted molar refractivity (Wildman–Crippen MR) is 81.8 cm³/mol. The fourth-order valence-corrected chi connectivity index (χ4v) is 4.16. The van der Waals surface area contributed by atoms with Crippen LogP contribution in [0.2, 0.25) is 0 Å². The maximum atomic E-state index is 4.89. The molecule has 0 radical (unpaired) electrons. The van der Waals surface area contributed by atoms with Crippen molar-refractivity contribution in [3.8, 4) is 0 Å². The van der Waals surface area contributed by atoms with Crippen molar-refractivity contribution in [2.75, 3.05) is 25.0 Å². The molecule has 1 aromatic rings. The SMILES string of the molecule is CC(C)c1nn2c(c1Br)NCCC2C1CCCNC1. The fourth-order valence-electron chi connectivity index (χ4n) is 3.30. The summed E-state index contributed by atoms with van der Waals surface area (Å²) in [5.74, 6) is 2.37. The van der Waals surface area contributed by atoms with E-state index in [1.165, 1.54) is 37.3 Å². The third-order valence-corrected chi connectivity index (χ3v) is 5.13. The summed E-state index contributed by atoms with van der Waals surface area (Å²) in [6, 6.07) is 0.549. The van der Waals surface area contributed by atoms with Crippen molar-refractivity contribution in [3.63, 3.8) is 0 Å². The van der Waals surface area contributed by atoms with Gasteiger partial charge in [0.15, 0.2) is 0 Å². The zero-order valence-electron chi connectivity index (χ0n) is 11.7. The lowest BCUT2D eigenvalue weighted by Gasteiger charge is -2.34. The summed E-state index contributed by atoms with van der Waals surface area (Å²) >= 11 is 3.73. The van der Waals surface area contributed by atoms with E-state index < -0.39 is 0 Å². The van der Waals surface area contributed by atoms with E-state index in [1.54, 1.807) is 0 Å². The van der Waals surface area contributed by atoms with Crippen molar-refractivity contribution < 1.29 is 0 Å². The van der Waals surface area contributed by atoms with Gasteiger partial charge in [0.25, 0.3) is 0 Å². The molecule has 0 spiro atoms. The number of anilines is 1. The number of hydrogen-bond donors (Lipinski definition) is 2. The molecule has 5 heteroatoms. The lowest BCUT2D eigenvalue weighted by atomic mass is 9.89. The van der Waals surface area contributed by atoms with E-state index in [2.05, 4.69) is 45.1 Å². The van der Waals surface area contributed by atoms with Crippen LogP contribution < -0.4 is 10.6 Å². The van der Waals surface area contributed by atoms with Gasteiger partial charge >= 0.3 is 0 Å². The fraction of sp³-hybridized carbons (Fsp3) is 0.786. The zero-order chi connectivity index (χ0) is 13.4. The van der Waals surface area contributed by atoms with Crippen LogP contribution in [0, 0.1) is 5.92 Å². The first-order valence-electron chi connectivity index (χ1n) is 7.41. The lowest BCUT2D eigenvalue weighted by molar-refractivity contribution is 0.235. The van der Waals surface area contributed by atoms with Gasteiger partial charge in [0, 0.05) is 6.54 Å². The van der Waals surface area contributed by atoms with E-state index >= 15 is 0 Å². The number of fused-ring (bicyclic) bond motifs is 1. The molecule has 2 unspecified atom stereocenters. The van der Waals surface area contributed by atoms with Crippen LogP contribution in [0.25, 0.3) is 0 Å². The maximum absolute atomic E-state index is 4.89. The average molecular weight is 327 g/mol. The van der Waals surface area contributed by atoms with Crippen LogP contribution in [0.5, 0.6) is 0 Å². The van der Waals surface area contributed by atoms with Crippen LogP contribution in [0.1, 0.15) is 50.8 Å². The Labute approximate surface area is 123 Å². The number of aromatic nitrogens is 2. The summed E-state index contributed by atoms with van der Waals surface area (Å²) < 4.78 is 3.41. The number of nitrogens with zero attached hydrogens (tertiary/aromatic N) is 2. The molecule has 3 heterocycles. The highest BCUT2D eigenvalue weighted by atomic mass is 79.9. The van der Waals surface area contributed by atoms with Crippen LogP contribution in [-0.2, 0) is 0 Å². The molecule has 1 saturated heterocycles. The quantitative estimate of drug-likeness (QED) is 0.877. The second-order valence-electron chi connectivity index (χ2n) is 6.04. The van der Waals surface area contributed by atoms with Gasteiger partial charge in [-0.15, -0.1) is 0 Å². The normalized spacial score (nSPS) is 27.2. The van der Waals surface area contributed by atoms with Gasteiger partial charge in [-0.1, -0.05) is 13.8 Å². The molecule has 0 aromatic carbocycles. The second kappa shape index (κ2) is 5.44. The van der Waals surface area contributed by atoms with Gasteiger partial charge < -0.3 is 10.6 Å². The Hall–Kier alpha value is -0.550. The lowest BCUT2D eigenvalue weighted by Crippen LogP contribution is -2.38. The first-order chi connectivity index (χ1) is 9.18. The van der Waals surface area contributed by atoms with E-state index in [4.69, 9.17) is 5.10 Å². The number of halogens is 1. The Morgan fingerprint density at radius 3 is 2.84 bits per heavy atom. The van der Waals surface area contributed by atoms with Crippen molar-refractivity contribution in [1.82, 2.24) is 15.1 Å². The minimum Gasteiger partial charge on any atom is -0.369 e. The minimum absolute atomic E-state index is 0.458. The Morgan fingerprint density at radius 1 is 1.32 bits per heavy atom. The molecule has 2 aliphatic rings. The van der Waals surface area contributed by atoms with Gasteiger partial charge in [-0.05, 0) is 60.1 Å². The molecule has 19 heavy (non-hydrogen) atoms. The number of hydrogen-bond acceptors (Lipinski definition) is 3. The topological polar surface area (TPSA) is 41.9 Å². The number of nitrogens with one attached hydrogen (secondary N) is 2. The summed E-state index contributed by atoms with van der Waals surface area (Å²) in [5, 5.41) is 11.9. The molecule has 0 amide bonds.